The van der Waals surface area contributed by atoms with Crippen molar-refractivity contribution < 1.29 is 0 Å². The number of fused-ring (bicyclic) bond motifs is 2. The molecule has 1 aliphatic heterocycles. The van der Waals surface area contributed by atoms with E-state index in [0.717, 1.165) is 36.3 Å². The smallest absolute Gasteiger partial charge is 0.254 e. The van der Waals surface area contributed by atoms with Crippen LogP contribution in [-0.2, 0) is 19.5 Å². The third-order valence-corrected chi connectivity index (χ3v) is 7.77. The lowest BCUT2D eigenvalue weighted by Crippen LogP contribution is -2.34. The van der Waals surface area contributed by atoms with E-state index < -0.39 is 0 Å². The number of aromatic nitrogens is 2. The first-order chi connectivity index (χ1) is 14.1. The van der Waals surface area contributed by atoms with E-state index in [4.69, 9.17) is 4.98 Å². The fourth-order valence-electron chi connectivity index (χ4n) is 3.85. The molecule has 0 bridgehead atoms. The molecular formula is C23H20BrN3OS. The van der Waals surface area contributed by atoms with Crippen LogP contribution >= 0.6 is 27.3 Å². The van der Waals surface area contributed by atoms with Crippen LogP contribution in [0, 0.1) is 6.92 Å². The number of benzene rings is 2. The number of hydrogen-bond acceptors (Lipinski definition) is 4. The van der Waals surface area contributed by atoms with E-state index in [2.05, 4.69) is 57.0 Å². The quantitative estimate of drug-likeness (QED) is 0.447. The number of hydrogen-bond donors (Lipinski definition) is 1. The molecule has 0 unspecified atom stereocenters. The number of nitrogens with zero attached hydrogens (tertiary/aromatic N) is 2. The third kappa shape index (κ3) is 3.56. The normalized spacial score (nSPS) is 14.3. The maximum absolute atomic E-state index is 12.6. The van der Waals surface area contributed by atoms with E-state index in [0.29, 0.717) is 12.4 Å². The zero-order valence-electron chi connectivity index (χ0n) is 16.0. The summed E-state index contributed by atoms with van der Waals surface area (Å²) in [5.41, 5.74) is 3.85. The predicted octanol–water partition coefficient (Wildman–Crippen LogP) is 5.28. The average molecular weight is 466 g/mol. The summed E-state index contributed by atoms with van der Waals surface area (Å²) in [6, 6.07) is 16.6. The van der Waals surface area contributed by atoms with Gasteiger partial charge in [-0.05, 0) is 35.3 Å². The Kier molecular flexibility index (Phi) is 4.86. The molecule has 2 aromatic carbocycles. The molecule has 0 atom stereocenters. The lowest BCUT2D eigenvalue weighted by Gasteiger charge is -2.27. The van der Waals surface area contributed by atoms with Crippen molar-refractivity contribution in [3.63, 3.8) is 0 Å². The molecule has 146 valence electrons. The van der Waals surface area contributed by atoms with Crippen molar-refractivity contribution >= 4 is 37.4 Å². The maximum Gasteiger partial charge on any atom is 0.254 e. The fraction of sp³-hybridized carbons (Fsp3) is 0.217. The maximum atomic E-state index is 12.6. The highest BCUT2D eigenvalue weighted by Crippen LogP contribution is 2.36. The number of nitrogens with one attached hydrogen (secondary N) is 1. The number of H-pyrrole nitrogens is 1. The highest BCUT2D eigenvalue weighted by Gasteiger charge is 2.23. The zero-order valence-corrected chi connectivity index (χ0v) is 18.4. The Morgan fingerprint density at radius 2 is 1.97 bits per heavy atom. The van der Waals surface area contributed by atoms with Crippen molar-refractivity contribution in [2.75, 3.05) is 6.54 Å². The second-order valence-electron chi connectivity index (χ2n) is 7.50. The summed E-state index contributed by atoms with van der Waals surface area (Å²) in [6.07, 6.45) is 0.731. The van der Waals surface area contributed by atoms with E-state index in [9.17, 15) is 4.79 Å². The minimum absolute atomic E-state index is 0.00623. The van der Waals surface area contributed by atoms with E-state index in [-0.39, 0.29) is 5.56 Å². The summed E-state index contributed by atoms with van der Waals surface area (Å²) < 4.78 is 2.48. The number of aromatic amines is 1. The van der Waals surface area contributed by atoms with Gasteiger partial charge in [0.15, 0.2) is 0 Å². The van der Waals surface area contributed by atoms with Gasteiger partial charge in [0.2, 0.25) is 0 Å². The first-order valence-corrected chi connectivity index (χ1v) is 11.3. The van der Waals surface area contributed by atoms with Gasteiger partial charge in [0, 0.05) is 50.2 Å². The molecule has 6 heteroatoms. The van der Waals surface area contributed by atoms with Crippen LogP contribution < -0.4 is 5.56 Å². The van der Waals surface area contributed by atoms with Gasteiger partial charge in [-0.25, -0.2) is 4.98 Å². The lowest BCUT2D eigenvalue weighted by atomic mass is 10.1. The standard InChI is InChI=1S/C23H20BrN3OS/c1-14-6-8-15(9-7-14)22-25-18-12-27(11-10-16(18)23(28)26-22)13-20-21(24)17-4-2-3-5-19(17)29-20/h2-9H,10-13H2,1H3,(H,25,26,28). The first kappa shape index (κ1) is 18.7. The first-order valence-electron chi connectivity index (χ1n) is 9.66. The Hall–Kier alpha value is -2.28. The summed E-state index contributed by atoms with van der Waals surface area (Å²) >= 11 is 5.61. The molecule has 0 fully saturated rings. The summed E-state index contributed by atoms with van der Waals surface area (Å²) in [7, 11) is 0. The average Bonchev–Trinajstić information content (AvgIpc) is 3.04. The lowest BCUT2D eigenvalue weighted by molar-refractivity contribution is 0.242. The molecule has 1 N–H and O–H groups in total. The van der Waals surface area contributed by atoms with Gasteiger partial charge in [0.1, 0.15) is 5.82 Å². The molecule has 0 spiro atoms. The van der Waals surface area contributed by atoms with Crippen LogP contribution in [0.4, 0.5) is 0 Å². The summed E-state index contributed by atoms with van der Waals surface area (Å²) in [4.78, 5) is 24.1. The fourth-order valence-corrected chi connectivity index (χ4v) is 5.83. The Labute approximate surface area is 181 Å². The van der Waals surface area contributed by atoms with Gasteiger partial charge in [0.05, 0.1) is 5.69 Å². The van der Waals surface area contributed by atoms with Crippen LogP contribution in [0.2, 0.25) is 0 Å². The van der Waals surface area contributed by atoms with Crippen LogP contribution in [0.25, 0.3) is 21.5 Å². The molecule has 0 aliphatic carbocycles. The van der Waals surface area contributed by atoms with E-state index in [1.807, 2.05) is 35.6 Å². The molecule has 0 radical (unpaired) electrons. The van der Waals surface area contributed by atoms with Crippen molar-refractivity contribution in [1.82, 2.24) is 14.9 Å². The third-order valence-electron chi connectivity index (χ3n) is 5.45. The SMILES string of the molecule is Cc1ccc(-c2nc3c(c(=O)[nH]2)CCN(Cc2sc4ccccc4c2Br)C3)cc1. The molecular weight excluding hydrogens is 446 g/mol. The van der Waals surface area contributed by atoms with Crippen molar-refractivity contribution in [2.45, 2.75) is 26.4 Å². The van der Waals surface area contributed by atoms with Crippen LogP contribution in [0.15, 0.2) is 57.8 Å². The second kappa shape index (κ2) is 7.52. The Bertz CT molecular complexity index is 1260. The minimum atomic E-state index is -0.00623. The largest absolute Gasteiger partial charge is 0.306 e. The van der Waals surface area contributed by atoms with Gasteiger partial charge in [0.25, 0.3) is 5.56 Å². The van der Waals surface area contributed by atoms with Crippen LogP contribution in [0.5, 0.6) is 0 Å². The summed E-state index contributed by atoms with van der Waals surface area (Å²) in [5.74, 6) is 0.652. The molecule has 3 heterocycles. The number of rotatable bonds is 3. The molecule has 0 saturated heterocycles. The Morgan fingerprint density at radius 1 is 1.17 bits per heavy atom. The molecule has 1 aliphatic rings. The van der Waals surface area contributed by atoms with Gasteiger partial charge in [-0.2, -0.15) is 0 Å². The molecule has 0 amide bonds. The van der Waals surface area contributed by atoms with E-state index in [1.165, 1.54) is 25.0 Å². The van der Waals surface area contributed by atoms with Gasteiger partial charge >= 0.3 is 0 Å². The number of thiophene rings is 1. The number of halogens is 1. The molecule has 2 aromatic heterocycles. The van der Waals surface area contributed by atoms with Gasteiger partial charge in [-0.15, -0.1) is 11.3 Å². The summed E-state index contributed by atoms with van der Waals surface area (Å²) in [6.45, 7) is 4.46. The molecule has 0 saturated carbocycles. The minimum Gasteiger partial charge on any atom is -0.306 e. The van der Waals surface area contributed by atoms with Crippen LogP contribution in [-0.4, -0.2) is 21.4 Å². The topological polar surface area (TPSA) is 49.0 Å². The van der Waals surface area contributed by atoms with Crippen molar-refractivity contribution in [2.24, 2.45) is 0 Å². The van der Waals surface area contributed by atoms with Crippen LogP contribution in [0.1, 0.15) is 21.7 Å². The molecule has 29 heavy (non-hydrogen) atoms. The van der Waals surface area contributed by atoms with E-state index >= 15 is 0 Å². The Balaban J connectivity index is 1.44. The molecule has 4 nitrogen and oxygen atoms in total. The number of aryl methyl sites for hydroxylation is 1. The zero-order chi connectivity index (χ0) is 20.0. The van der Waals surface area contributed by atoms with Crippen molar-refractivity contribution in [3.05, 3.63) is 85.1 Å². The predicted molar refractivity (Wildman–Crippen MR) is 122 cm³/mol. The monoisotopic (exact) mass is 465 g/mol. The highest BCUT2D eigenvalue weighted by molar-refractivity contribution is 9.10. The molecule has 5 rings (SSSR count). The summed E-state index contributed by atoms with van der Waals surface area (Å²) in [5, 5.41) is 1.26. The van der Waals surface area contributed by atoms with Crippen molar-refractivity contribution in [3.8, 4) is 11.4 Å². The van der Waals surface area contributed by atoms with Gasteiger partial charge in [-0.3, -0.25) is 9.69 Å². The highest BCUT2D eigenvalue weighted by atomic mass is 79.9. The van der Waals surface area contributed by atoms with Gasteiger partial charge < -0.3 is 4.98 Å². The van der Waals surface area contributed by atoms with Crippen LogP contribution in [0.3, 0.4) is 0 Å². The van der Waals surface area contributed by atoms with Gasteiger partial charge in [-0.1, -0.05) is 48.0 Å². The molecule has 4 aromatic rings. The van der Waals surface area contributed by atoms with Crippen molar-refractivity contribution in [1.29, 1.82) is 0 Å². The second-order valence-corrected chi connectivity index (χ2v) is 9.43. The Morgan fingerprint density at radius 3 is 2.76 bits per heavy atom. The van der Waals surface area contributed by atoms with E-state index in [1.54, 1.807) is 0 Å².